The van der Waals surface area contributed by atoms with Gasteiger partial charge in [0.05, 0.1) is 5.56 Å². The van der Waals surface area contributed by atoms with Gasteiger partial charge in [0.1, 0.15) is 5.75 Å². The highest BCUT2D eigenvalue weighted by Gasteiger charge is 2.11. The molecular formula is C10H11NO5S. The molecule has 6 nitrogen and oxygen atoms in total. The first kappa shape index (κ1) is 13.2. The van der Waals surface area contributed by atoms with E-state index in [0.29, 0.717) is 5.69 Å². The number of aromatic carboxylic acids is 1. The molecule has 1 rings (SSSR count). The number of rotatable bonds is 4. The summed E-state index contributed by atoms with van der Waals surface area (Å²) in [5, 5.41) is 11.0. The van der Waals surface area contributed by atoms with E-state index in [9.17, 15) is 18.0 Å². The van der Waals surface area contributed by atoms with Crippen LogP contribution in [0.3, 0.4) is 0 Å². The van der Waals surface area contributed by atoms with Crippen LogP contribution < -0.4 is 5.32 Å². The highest BCUT2D eigenvalue weighted by Crippen LogP contribution is 2.09. The Kier molecular flexibility index (Phi) is 3.84. The van der Waals surface area contributed by atoms with Gasteiger partial charge in [-0.25, -0.2) is 13.2 Å². The maximum absolute atomic E-state index is 11.2. The van der Waals surface area contributed by atoms with Gasteiger partial charge in [-0.3, -0.25) is 4.79 Å². The molecule has 0 aromatic heterocycles. The minimum Gasteiger partial charge on any atom is -0.478 e. The molecule has 0 aliphatic carbocycles. The van der Waals surface area contributed by atoms with Gasteiger partial charge in [0.25, 0.3) is 0 Å². The van der Waals surface area contributed by atoms with Gasteiger partial charge in [0.2, 0.25) is 5.91 Å². The van der Waals surface area contributed by atoms with E-state index in [4.69, 9.17) is 5.11 Å². The second kappa shape index (κ2) is 4.96. The lowest BCUT2D eigenvalue weighted by Gasteiger charge is -2.04. The van der Waals surface area contributed by atoms with Gasteiger partial charge in [0, 0.05) is 11.9 Å². The highest BCUT2D eigenvalue weighted by atomic mass is 32.2. The number of carbonyl (C=O) groups is 2. The summed E-state index contributed by atoms with van der Waals surface area (Å²) < 4.78 is 21.7. The quantitative estimate of drug-likeness (QED) is 0.811. The molecule has 0 spiro atoms. The lowest BCUT2D eigenvalue weighted by molar-refractivity contribution is -0.113. The van der Waals surface area contributed by atoms with Gasteiger partial charge in [-0.05, 0) is 24.3 Å². The van der Waals surface area contributed by atoms with E-state index in [1.807, 2.05) is 0 Å². The molecule has 0 saturated carbocycles. The van der Waals surface area contributed by atoms with Gasteiger partial charge in [-0.1, -0.05) is 0 Å². The molecule has 1 amide bonds. The molecule has 0 unspecified atom stereocenters. The van der Waals surface area contributed by atoms with Crippen LogP contribution in [0, 0.1) is 0 Å². The smallest absolute Gasteiger partial charge is 0.335 e. The molecule has 0 fully saturated rings. The maximum Gasteiger partial charge on any atom is 0.335 e. The van der Waals surface area contributed by atoms with Gasteiger partial charge in [-0.2, -0.15) is 0 Å². The molecule has 7 heteroatoms. The minimum absolute atomic E-state index is 0.0890. The lowest BCUT2D eigenvalue weighted by atomic mass is 10.2. The van der Waals surface area contributed by atoms with E-state index in [1.54, 1.807) is 0 Å². The fourth-order valence-corrected chi connectivity index (χ4v) is 1.68. The van der Waals surface area contributed by atoms with Crippen LogP contribution in [0.2, 0.25) is 0 Å². The normalized spacial score (nSPS) is 10.9. The lowest BCUT2D eigenvalue weighted by Crippen LogP contribution is -2.21. The van der Waals surface area contributed by atoms with E-state index in [-0.39, 0.29) is 5.56 Å². The molecular weight excluding hydrogens is 246 g/mol. The predicted octanol–water partition coefficient (Wildman–Crippen LogP) is 0.368. The number of hydrogen-bond acceptors (Lipinski definition) is 4. The summed E-state index contributed by atoms with van der Waals surface area (Å²) in [6.07, 6.45) is 0.958. The first-order chi connectivity index (χ1) is 7.78. The van der Waals surface area contributed by atoms with Crippen LogP contribution in [0.1, 0.15) is 10.4 Å². The summed E-state index contributed by atoms with van der Waals surface area (Å²) in [6.45, 7) is 0. The standard InChI is InChI=1S/C10H11NO5S/c1-17(15,16)6-9(12)11-8-4-2-7(3-5-8)10(13)14/h2-5H,6H2,1H3,(H,11,12)(H,13,14). The van der Waals surface area contributed by atoms with Crippen molar-refractivity contribution in [3.05, 3.63) is 29.8 Å². The monoisotopic (exact) mass is 257 g/mol. The van der Waals surface area contributed by atoms with Crippen LogP contribution in [0.5, 0.6) is 0 Å². The van der Waals surface area contributed by atoms with E-state index < -0.39 is 27.5 Å². The molecule has 0 aliphatic heterocycles. The van der Waals surface area contributed by atoms with Crippen LogP contribution >= 0.6 is 0 Å². The average Bonchev–Trinajstić information content (AvgIpc) is 2.15. The Morgan fingerprint density at radius 1 is 1.24 bits per heavy atom. The van der Waals surface area contributed by atoms with Crippen molar-refractivity contribution in [2.45, 2.75) is 0 Å². The number of hydrogen-bond donors (Lipinski definition) is 2. The number of carboxylic acids is 1. The van der Waals surface area contributed by atoms with Crippen molar-refractivity contribution in [1.29, 1.82) is 0 Å². The Morgan fingerprint density at radius 3 is 2.18 bits per heavy atom. The molecule has 2 N–H and O–H groups in total. The number of sulfone groups is 1. The number of anilines is 1. The van der Waals surface area contributed by atoms with Gasteiger partial charge in [0.15, 0.2) is 9.84 Å². The number of amides is 1. The van der Waals surface area contributed by atoms with Crippen molar-refractivity contribution in [1.82, 2.24) is 0 Å². The molecule has 0 heterocycles. The Bertz CT molecular complexity index is 532. The first-order valence-electron chi connectivity index (χ1n) is 4.59. The van der Waals surface area contributed by atoms with Gasteiger partial charge in [-0.15, -0.1) is 0 Å². The van der Waals surface area contributed by atoms with Crippen molar-refractivity contribution in [3.8, 4) is 0 Å². The van der Waals surface area contributed by atoms with Crippen molar-refractivity contribution >= 4 is 27.4 Å². The van der Waals surface area contributed by atoms with Crippen LogP contribution in [-0.2, 0) is 14.6 Å². The van der Waals surface area contributed by atoms with Crippen molar-refractivity contribution in [3.63, 3.8) is 0 Å². The van der Waals surface area contributed by atoms with Crippen LogP contribution in [0.4, 0.5) is 5.69 Å². The Morgan fingerprint density at radius 2 is 1.76 bits per heavy atom. The van der Waals surface area contributed by atoms with Crippen LogP contribution in [-0.4, -0.2) is 37.4 Å². The molecule has 0 atom stereocenters. The highest BCUT2D eigenvalue weighted by molar-refractivity contribution is 7.91. The fraction of sp³-hybridized carbons (Fsp3) is 0.200. The molecule has 1 aromatic rings. The molecule has 0 aliphatic rings. The van der Waals surface area contributed by atoms with Crippen molar-refractivity contribution < 1.29 is 23.1 Å². The summed E-state index contributed by atoms with van der Waals surface area (Å²) in [7, 11) is -3.37. The molecule has 17 heavy (non-hydrogen) atoms. The molecule has 1 aromatic carbocycles. The maximum atomic E-state index is 11.2. The van der Waals surface area contributed by atoms with Crippen LogP contribution in [0.15, 0.2) is 24.3 Å². The third-order valence-electron chi connectivity index (χ3n) is 1.81. The summed E-state index contributed by atoms with van der Waals surface area (Å²) in [6, 6.07) is 5.42. The Hall–Kier alpha value is -1.89. The van der Waals surface area contributed by atoms with E-state index in [0.717, 1.165) is 6.26 Å². The molecule has 0 radical (unpaired) electrons. The number of carbonyl (C=O) groups excluding carboxylic acids is 1. The summed E-state index contributed by atoms with van der Waals surface area (Å²) in [5.74, 6) is -2.33. The second-order valence-corrected chi connectivity index (χ2v) is 5.64. The zero-order valence-corrected chi connectivity index (χ0v) is 9.82. The number of nitrogens with one attached hydrogen (secondary N) is 1. The summed E-state index contributed by atoms with van der Waals surface area (Å²) in [4.78, 5) is 21.8. The average molecular weight is 257 g/mol. The zero-order chi connectivity index (χ0) is 13.1. The van der Waals surface area contributed by atoms with Crippen LogP contribution in [0.25, 0.3) is 0 Å². The Labute approximate surface area is 98.2 Å². The summed E-state index contributed by atoms with van der Waals surface area (Å²) >= 11 is 0. The third kappa shape index (κ3) is 4.64. The van der Waals surface area contributed by atoms with Gasteiger partial charge < -0.3 is 10.4 Å². The SMILES string of the molecule is CS(=O)(=O)CC(=O)Nc1ccc(C(=O)O)cc1. The second-order valence-electron chi connectivity index (χ2n) is 3.50. The molecule has 92 valence electrons. The van der Waals surface area contributed by atoms with E-state index in [1.165, 1.54) is 24.3 Å². The van der Waals surface area contributed by atoms with E-state index >= 15 is 0 Å². The van der Waals surface area contributed by atoms with Crippen molar-refractivity contribution in [2.24, 2.45) is 0 Å². The summed E-state index contributed by atoms with van der Waals surface area (Å²) in [5.41, 5.74) is 0.440. The number of carboxylic acid groups (broad SMARTS) is 1. The predicted molar refractivity (Wildman–Crippen MR) is 61.7 cm³/mol. The van der Waals surface area contributed by atoms with Crippen molar-refractivity contribution in [2.75, 3.05) is 17.3 Å². The molecule has 0 saturated heterocycles. The fourth-order valence-electron chi connectivity index (χ4n) is 1.13. The zero-order valence-electron chi connectivity index (χ0n) is 9.00. The van der Waals surface area contributed by atoms with Gasteiger partial charge >= 0.3 is 5.97 Å². The first-order valence-corrected chi connectivity index (χ1v) is 6.65. The molecule has 0 bridgehead atoms. The largest absolute Gasteiger partial charge is 0.478 e. The minimum atomic E-state index is -3.37. The van der Waals surface area contributed by atoms with E-state index in [2.05, 4.69) is 5.32 Å². The topological polar surface area (TPSA) is 101 Å². The Balaban J connectivity index is 2.70. The number of benzene rings is 1. The third-order valence-corrected chi connectivity index (χ3v) is 2.60.